The van der Waals surface area contributed by atoms with Crippen LogP contribution in [0.3, 0.4) is 0 Å². The molecule has 2 rings (SSSR count). The summed E-state index contributed by atoms with van der Waals surface area (Å²) in [5, 5.41) is 1.66. The Morgan fingerprint density at radius 2 is 1.88 bits per heavy atom. The van der Waals surface area contributed by atoms with Gasteiger partial charge in [0.1, 0.15) is 0 Å². The molecule has 25 heavy (non-hydrogen) atoms. The molecule has 0 aromatic heterocycles. The molecule has 1 aliphatic heterocycles. The maximum absolute atomic E-state index is 5.87. The zero-order valence-corrected chi connectivity index (χ0v) is 18.3. The number of rotatable bonds is 8. The Morgan fingerprint density at radius 1 is 1.20 bits per heavy atom. The van der Waals surface area contributed by atoms with Crippen LogP contribution in [0, 0.1) is 5.92 Å². The Hall–Kier alpha value is -0.643. The second-order valence-electron chi connectivity index (χ2n) is 8.38. The van der Waals surface area contributed by atoms with Gasteiger partial charge in [-0.3, -0.25) is 4.90 Å². The molecule has 0 aliphatic carbocycles. The maximum Gasteiger partial charge on any atom is 0.0795 e. The minimum absolute atomic E-state index is 0.366. The fourth-order valence-electron chi connectivity index (χ4n) is 4.12. The van der Waals surface area contributed by atoms with E-state index in [1.54, 1.807) is 10.8 Å². The van der Waals surface area contributed by atoms with Crippen molar-refractivity contribution < 1.29 is 4.74 Å². The molecular weight excluding hydrogens is 322 g/mol. The number of aryl methyl sites for hydroxylation is 1. The molecule has 1 aromatic rings. The highest BCUT2D eigenvalue weighted by Crippen LogP contribution is 2.16. The molecule has 1 heterocycles. The predicted molar refractivity (Wildman–Crippen MR) is 111 cm³/mol. The first-order valence-corrected chi connectivity index (χ1v) is 12.7. The van der Waals surface area contributed by atoms with Crippen LogP contribution in [0.1, 0.15) is 51.7 Å². The quantitative estimate of drug-likeness (QED) is 0.642. The molecule has 1 saturated heterocycles. The monoisotopic (exact) mass is 360 g/mol. The molecule has 1 radical (unpaired) electrons. The lowest BCUT2D eigenvalue weighted by Gasteiger charge is -2.36. The predicted octanol–water partition coefficient (Wildman–Crippen LogP) is 4.28. The summed E-state index contributed by atoms with van der Waals surface area (Å²) in [7, 11) is -0.417. The lowest BCUT2D eigenvalue weighted by molar-refractivity contribution is -0.0708. The average molecular weight is 361 g/mol. The van der Waals surface area contributed by atoms with E-state index in [1.807, 2.05) is 0 Å². The number of hydrogen-bond donors (Lipinski definition) is 0. The van der Waals surface area contributed by atoms with E-state index in [9.17, 15) is 0 Å². The van der Waals surface area contributed by atoms with Gasteiger partial charge in [0, 0.05) is 19.6 Å². The molecule has 2 nitrogen and oxygen atoms in total. The van der Waals surface area contributed by atoms with Crippen molar-refractivity contribution in [1.29, 1.82) is 0 Å². The number of benzene rings is 1. The maximum atomic E-state index is 5.87. The van der Waals surface area contributed by atoms with Crippen molar-refractivity contribution in [3.8, 4) is 0 Å². The molecule has 1 unspecified atom stereocenters. The first kappa shape index (κ1) is 20.7. The minimum atomic E-state index is -0.417. The molecule has 0 saturated carbocycles. The van der Waals surface area contributed by atoms with Crippen molar-refractivity contribution in [3.63, 3.8) is 0 Å². The van der Waals surface area contributed by atoms with Crippen LogP contribution in [0.25, 0.3) is 0 Å². The van der Waals surface area contributed by atoms with Gasteiger partial charge in [-0.2, -0.15) is 0 Å². The molecule has 141 valence electrons. The third kappa shape index (κ3) is 6.54. The van der Waals surface area contributed by atoms with Crippen LogP contribution >= 0.6 is 0 Å². The van der Waals surface area contributed by atoms with Gasteiger partial charge in [0.2, 0.25) is 0 Å². The normalized spacial score (nSPS) is 23.2. The highest BCUT2D eigenvalue weighted by atomic mass is 28.3. The van der Waals surface area contributed by atoms with E-state index < -0.39 is 8.80 Å². The SMILES string of the molecule is CCCCc1ccc(CC(C)CN2C[C@@H](C)O[C@@H](C)C2)c([Si](C)C)c1. The molecule has 1 aromatic carbocycles. The lowest BCUT2D eigenvalue weighted by atomic mass is 9.97. The third-order valence-corrected chi connectivity index (χ3v) is 6.71. The van der Waals surface area contributed by atoms with Crippen molar-refractivity contribution in [3.05, 3.63) is 29.3 Å². The summed E-state index contributed by atoms with van der Waals surface area (Å²) in [5.74, 6) is 0.694. The van der Waals surface area contributed by atoms with Gasteiger partial charge >= 0.3 is 0 Å². The summed E-state index contributed by atoms with van der Waals surface area (Å²) in [5.41, 5.74) is 3.14. The van der Waals surface area contributed by atoms with E-state index in [1.165, 1.54) is 37.8 Å². The van der Waals surface area contributed by atoms with Gasteiger partial charge < -0.3 is 4.74 Å². The fourth-order valence-corrected chi connectivity index (χ4v) is 5.42. The molecule has 3 heteroatoms. The van der Waals surface area contributed by atoms with E-state index in [-0.39, 0.29) is 0 Å². The van der Waals surface area contributed by atoms with Gasteiger partial charge in [0.15, 0.2) is 0 Å². The zero-order valence-electron chi connectivity index (χ0n) is 17.3. The third-order valence-electron chi connectivity index (χ3n) is 5.17. The zero-order chi connectivity index (χ0) is 18.4. The Balaban J connectivity index is 2.00. The van der Waals surface area contributed by atoms with Crippen LogP contribution in [0.15, 0.2) is 18.2 Å². The number of morpholine rings is 1. The van der Waals surface area contributed by atoms with Crippen LogP contribution < -0.4 is 5.19 Å². The average Bonchev–Trinajstić information content (AvgIpc) is 2.52. The number of nitrogens with zero attached hydrogens (tertiary/aromatic N) is 1. The van der Waals surface area contributed by atoms with E-state index in [4.69, 9.17) is 4.74 Å². The summed E-state index contributed by atoms with van der Waals surface area (Å²) in [6.07, 6.45) is 5.76. The molecule has 0 spiro atoms. The number of hydrogen-bond acceptors (Lipinski definition) is 2. The van der Waals surface area contributed by atoms with Crippen LogP contribution in [0.4, 0.5) is 0 Å². The van der Waals surface area contributed by atoms with Crippen molar-refractivity contribution in [1.82, 2.24) is 4.90 Å². The van der Waals surface area contributed by atoms with Gasteiger partial charge in [-0.1, -0.05) is 56.7 Å². The first-order valence-electron chi connectivity index (χ1n) is 10.2. The highest BCUT2D eigenvalue weighted by Gasteiger charge is 2.23. The van der Waals surface area contributed by atoms with Gasteiger partial charge in [-0.25, -0.2) is 0 Å². The summed E-state index contributed by atoms with van der Waals surface area (Å²) in [6.45, 7) is 17.3. The minimum Gasteiger partial charge on any atom is -0.373 e. The molecule has 1 fully saturated rings. The molecular formula is C22H38NOSi. The number of unbranched alkanes of at least 4 members (excludes halogenated alkanes) is 1. The molecule has 3 atom stereocenters. The van der Waals surface area contributed by atoms with Gasteiger partial charge in [0.05, 0.1) is 21.0 Å². The second-order valence-corrected chi connectivity index (χ2v) is 10.9. The Labute approximate surface area is 157 Å². The van der Waals surface area contributed by atoms with Gasteiger partial charge in [0.25, 0.3) is 0 Å². The van der Waals surface area contributed by atoms with Crippen LogP contribution in [0.5, 0.6) is 0 Å². The van der Waals surface area contributed by atoms with E-state index >= 15 is 0 Å². The van der Waals surface area contributed by atoms with Gasteiger partial charge in [-0.05, 0) is 50.2 Å². The van der Waals surface area contributed by atoms with E-state index in [0.717, 1.165) is 13.1 Å². The van der Waals surface area contributed by atoms with Crippen LogP contribution in [-0.2, 0) is 17.6 Å². The van der Waals surface area contributed by atoms with E-state index in [0.29, 0.717) is 18.1 Å². The van der Waals surface area contributed by atoms with Crippen molar-refractivity contribution >= 4 is 14.0 Å². The summed E-state index contributed by atoms with van der Waals surface area (Å²) < 4.78 is 5.87. The molecule has 1 aliphatic rings. The van der Waals surface area contributed by atoms with Crippen molar-refractivity contribution in [2.24, 2.45) is 5.92 Å². The second kappa shape index (κ2) is 9.89. The lowest BCUT2D eigenvalue weighted by Crippen LogP contribution is -2.47. The summed E-state index contributed by atoms with van der Waals surface area (Å²) in [4.78, 5) is 2.60. The van der Waals surface area contributed by atoms with Crippen LogP contribution in [-0.4, -0.2) is 45.5 Å². The van der Waals surface area contributed by atoms with Crippen molar-refractivity contribution in [2.75, 3.05) is 19.6 Å². The smallest absolute Gasteiger partial charge is 0.0795 e. The standard InChI is InChI=1S/C22H38NOSi/c1-7-8-9-20-10-11-21(22(13-20)25(5)6)12-17(2)14-23-15-18(3)24-19(4)16-23/h10-11,13,17-19H,7-9,12,14-16H2,1-6H3/t17?,18-,19+. The topological polar surface area (TPSA) is 12.5 Å². The Morgan fingerprint density at radius 3 is 2.48 bits per heavy atom. The Bertz CT molecular complexity index is 521. The fraction of sp³-hybridized carbons (Fsp3) is 0.727. The Kier molecular flexibility index (Phi) is 8.18. The first-order chi connectivity index (χ1) is 11.9. The van der Waals surface area contributed by atoms with Gasteiger partial charge in [-0.15, -0.1) is 0 Å². The summed E-state index contributed by atoms with van der Waals surface area (Å²) in [6, 6.07) is 7.33. The molecule has 0 bridgehead atoms. The highest BCUT2D eigenvalue weighted by molar-refractivity contribution is 6.71. The largest absolute Gasteiger partial charge is 0.373 e. The molecule has 0 N–H and O–H groups in total. The molecule has 0 amide bonds. The number of ether oxygens (including phenoxy) is 1. The van der Waals surface area contributed by atoms with Crippen LogP contribution in [0.2, 0.25) is 13.1 Å². The van der Waals surface area contributed by atoms with E-state index in [2.05, 4.69) is 63.9 Å². The summed E-state index contributed by atoms with van der Waals surface area (Å²) >= 11 is 0. The van der Waals surface area contributed by atoms with Crippen molar-refractivity contribution in [2.45, 2.75) is 78.7 Å².